The van der Waals surface area contributed by atoms with E-state index in [0.29, 0.717) is 24.1 Å². The molecule has 0 aromatic heterocycles. The molecule has 0 aliphatic carbocycles. The molecule has 0 saturated carbocycles. The highest BCUT2D eigenvalue weighted by Gasteiger charge is 2.26. The SMILES string of the molecule is CCCCCCCCC/C=C\CCCCCCCCOCC(COP(=O)(O)OCC[N+](C)(C)C)OC(=O)CCCCCCCCCCCCCCCCCCCCC. The molecule has 0 heterocycles. The first-order valence-corrected chi connectivity index (χ1v) is 26.4. The summed E-state index contributed by atoms with van der Waals surface area (Å²) in [5.74, 6) is -0.310. The number of allylic oxidation sites excluding steroid dienone is 2. The molecule has 58 heavy (non-hydrogen) atoms. The van der Waals surface area contributed by atoms with Crippen LogP contribution in [0.2, 0.25) is 0 Å². The van der Waals surface area contributed by atoms with E-state index in [1.54, 1.807) is 0 Å². The molecular formula is C49H99NO7P+. The lowest BCUT2D eigenvalue weighted by Gasteiger charge is -2.24. The van der Waals surface area contributed by atoms with Gasteiger partial charge in [-0.1, -0.05) is 206 Å². The highest BCUT2D eigenvalue weighted by Crippen LogP contribution is 2.43. The predicted octanol–water partition coefficient (Wildman–Crippen LogP) is 15.0. The number of carbonyl (C=O) groups excluding carboxylic acids is 1. The molecule has 1 N–H and O–H groups in total. The minimum Gasteiger partial charge on any atom is -0.457 e. The first-order chi connectivity index (χ1) is 28.1. The second-order valence-electron chi connectivity index (χ2n) is 18.2. The molecular weight excluding hydrogens is 746 g/mol. The van der Waals surface area contributed by atoms with E-state index in [2.05, 4.69) is 26.0 Å². The third-order valence-electron chi connectivity index (χ3n) is 11.1. The average molecular weight is 845 g/mol. The first-order valence-electron chi connectivity index (χ1n) is 24.9. The van der Waals surface area contributed by atoms with Gasteiger partial charge in [-0.25, -0.2) is 4.57 Å². The normalized spacial score (nSPS) is 13.7. The number of phosphoric acid groups is 1. The fourth-order valence-corrected chi connectivity index (χ4v) is 7.94. The molecule has 2 unspecified atom stereocenters. The molecule has 0 aliphatic heterocycles. The number of esters is 1. The van der Waals surface area contributed by atoms with E-state index in [-0.39, 0.29) is 25.8 Å². The van der Waals surface area contributed by atoms with E-state index < -0.39 is 13.9 Å². The average Bonchev–Trinajstić information content (AvgIpc) is 3.18. The van der Waals surface area contributed by atoms with Crippen molar-refractivity contribution in [1.29, 1.82) is 0 Å². The van der Waals surface area contributed by atoms with Crippen LogP contribution in [0, 0.1) is 0 Å². The largest absolute Gasteiger partial charge is 0.472 e. The Morgan fingerprint density at radius 1 is 0.517 bits per heavy atom. The molecule has 0 radical (unpaired) electrons. The number of phosphoric ester groups is 1. The molecule has 8 nitrogen and oxygen atoms in total. The van der Waals surface area contributed by atoms with Gasteiger partial charge in [0.15, 0.2) is 0 Å². The summed E-state index contributed by atoms with van der Waals surface area (Å²) in [6, 6.07) is 0. The van der Waals surface area contributed by atoms with Crippen molar-refractivity contribution in [2.45, 2.75) is 245 Å². The van der Waals surface area contributed by atoms with Crippen molar-refractivity contribution < 1.29 is 37.3 Å². The van der Waals surface area contributed by atoms with Gasteiger partial charge in [0.1, 0.15) is 19.3 Å². The molecule has 2 atom stereocenters. The Bertz CT molecular complexity index is 940. The number of carbonyl (C=O) groups is 1. The van der Waals surface area contributed by atoms with Gasteiger partial charge in [0, 0.05) is 13.0 Å². The monoisotopic (exact) mass is 845 g/mol. The Morgan fingerprint density at radius 2 is 0.897 bits per heavy atom. The second-order valence-corrected chi connectivity index (χ2v) is 19.7. The van der Waals surface area contributed by atoms with Crippen molar-refractivity contribution in [2.24, 2.45) is 0 Å². The van der Waals surface area contributed by atoms with Crippen LogP contribution in [0.1, 0.15) is 239 Å². The summed E-state index contributed by atoms with van der Waals surface area (Å²) in [5.41, 5.74) is 0. The molecule has 0 spiro atoms. The van der Waals surface area contributed by atoms with E-state index in [9.17, 15) is 14.3 Å². The molecule has 0 saturated heterocycles. The molecule has 0 aliphatic rings. The van der Waals surface area contributed by atoms with Crippen molar-refractivity contribution in [3.8, 4) is 0 Å². The van der Waals surface area contributed by atoms with Gasteiger partial charge in [0.2, 0.25) is 0 Å². The zero-order valence-corrected chi connectivity index (χ0v) is 40.2. The maximum absolute atomic E-state index is 12.7. The lowest BCUT2D eigenvalue weighted by Crippen LogP contribution is -2.37. The number of ether oxygens (including phenoxy) is 2. The highest BCUT2D eigenvalue weighted by molar-refractivity contribution is 7.47. The van der Waals surface area contributed by atoms with E-state index in [1.165, 1.54) is 186 Å². The Morgan fingerprint density at radius 3 is 1.31 bits per heavy atom. The van der Waals surface area contributed by atoms with Crippen LogP contribution >= 0.6 is 7.82 Å². The van der Waals surface area contributed by atoms with Crippen LogP contribution in [0.4, 0.5) is 0 Å². The van der Waals surface area contributed by atoms with Gasteiger partial charge in [-0.2, -0.15) is 0 Å². The van der Waals surface area contributed by atoms with Gasteiger partial charge in [0.25, 0.3) is 0 Å². The van der Waals surface area contributed by atoms with E-state index >= 15 is 0 Å². The summed E-state index contributed by atoms with van der Waals surface area (Å²) in [5, 5.41) is 0. The zero-order valence-electron chi connectivity index (χ0n) is 39.3. The molecule has 0 aromatic rings. The van der Waals surface area contributed by atoms with Crippen molar-refractivity contribution in [3.05, 3.63) is 12.2 Å². The molecule has 346 valence electrons. The number of hydrogen-bond acceptors (Lipinski definition) is 6. The molecule has 9 heteroatoms. The first kappa shape index (κ1) is 57.2. The van der Waals surface area contributed by atoms with E-state index in [0.717, 1.165) is 32.1 Å². The Kier molecular flexibility index (Phi) is 42.3. The van der Waals surface area contributed by atoms with Crippen LogP contribution in [-0.4, -0.2) is 75.6 Å². The van der Waals surface area contributed by atoms with Crippen molar-refractivity contribution in [1.82, 2.24) is 0 Å². The Balaban J connectivity index is 4.13. The van der Waals surface area contributed by atoms with Gasteiger partial charge >= 0.3 is 13.8 Å². The topological polar surface area (TPSA) is 91.3 Å². The maximum Gasteiger partial charge on any atom is 0.472 e. The number of likely N-dealkylation sites (N-methyl/N-ethyl adjacent to an activating group) is 1. The van der Waals surface area contributed by atoms with Gasteiger partial charge in [-0.3, -0.25) is 13.8 Å². The van der Waals surface area contributed by atoms with Crippen molar-refractivity contribution >= 4 is 13.8 Å². The number of unbranched alkanes of at least 4 members (excludes halogenated alkanes) is 31. The summed E-state index contributed by atoms with van der Waals surface area (Å²) < 4.78 is 35.1. The van der Waals surface area contributed by atoms with E-state index in [4.69, 9.17) is 18.5 Å². The third-order valence-corrected chi connectivity index (χ3v) is 12.1. The van der Waals surface area contributed by atoms with Crippen LogP contribution in [0.25, 0.3) is 0 Å². The molecule has 0 bridgehead atoms. The summed E-state index contributed by atoms with van der Waals surface area (Å²) in [4.78, 5) is 23.0. The zero-order chi connectivity index (χ0) is 42.7. The summed E-state index contributed by atoms with van der Waals surface area (Å²) in [6.07, 6.45) is 48.2. The smallest absolute Gasteiger partial charge is 0.457 e. The minimum atomic E-state index is -4.27. The molecule has 0 rings (SSSR count). The lowest BCUT2D eigenvalue weighted by atomic mass is 10.0. The number of rotatable bonds is 47. The summed E-state index contributed by atoms with van der Waals surface area (Å²) >= 11 is 0. The third kappa shape index (κ3) is 46.3. The van der Waals surface area contributed by atoms with Gasteiger partial charge in [0.05, 0.1) is 34.4 Å². The van der Waals surface area contributed by atoms with Crippen molar-refractivity contribution in [3.63, 3.8) is 0 Å². The highest BCUT2D eigenvalue weighted by atomic mass is 31.2. The minimum absolute atomic E-state index is 0.0909. The number of quaternary nitrogens is 1. The Labute approximate surface area is 360 Å². The van der Waals surface area contributed by atoms with Crippen LogP contribution in [0.3, 0.4) is 0 Å². The summed E-state index contributed by atoms with van der Waals surface area (Å²) in [6.45, 7) is 5.66. The number of hydrogen-bond donors (Lipinski definition) is 1. The molecule has 0 amide bonds. The van der Waals surface area contributed by atoms with Crippen molar-refractivity contribution in [2.75, 3.05) is 54.1 Å². The standard InChI is InChI=1S/C49H98NO7P/c1-6-8-10-12-14-16-18-20-22-24-25-26-28-30-32-34-36-38-40-42-49(51)57-48(47-56-58(52,53)55-45-43-50(3,4)5)46-54-44-41-39-37-35-33-31-29-27-23-21-19-17-15-13-11-9-7-2/h23,27,48H,6-22,24-26,28-47H2,1-5H3/p+1/b27-23-. The maximum atomic E-state index is 12.7. The molecule has 0 aromatic carbocycles. The summed E-state index contributed by atoms with van der Waals surface area (Å²) in [7, 11) is 1.68. The quantitative estimate of drug-likeness (QED) is 0.0214. The van der Waals surface area contributed by atoms with Crippen LogP contribution < -0.4 is 0 Å². The predicted molar refractivity (Wildman–Crippen MR) is 247 cm³/mol. The van der Waals surface area contributed by atoms with Crippen LogP contribution in [-0.2, 0) is 27.9 Å². The van der Waals surface area contributed by atoms with E-state index in [1.807, 2.05) is 21.1 Å². The number of nitrogens with zero attached hydrogens (tertiary/aromatic N) is 1. The molecule has 0 fully saturated rings. The van der Waals surface area contributed by atoms with Gasteiger partial charge < -0.3 is 18.9 Å². The van der Waals surface area contributed by atoms with Gasteiger partial charge in [-0.15, -0.1) is 0 Å². The van der Waals surface area contributed by atoms with Crippen LogP contribution in [0.15, 0.2) is 12.2 Å². The van der Waals surface area contributed by atoms with Gasteiger partial charge in [-0.05, 0) is 38.5 Å². The Hall–Kier alpha value is -0.760. The second kappa shape index (κ2) is 42.9. The van der Waals surface area contributed by atoms with Crippen LogP contribution in [0.5, 0.6) is 0 Å². The lowest BCUT2D eigenvalue weighted by molar-refractivity contribution is -0.870. The fraction of sp³-hybridized carbons (Fsp3) is 0.939. The fourth-order valence-electron chi connectivity index (χ4n) is 7.20.